The van der Waals surface area contributed by atoms with Gasteiger partial charge in [0.05, 0.1) is 5.56 Å². The largest absolute Gasteiger partial charge is 0.456 e. The van der Waals surface area contributed by atoms with Crippen molar-refractivity contribution in [1.82, 2.24) is 0 Å². The molecule has 0 saturated carbocycles. The number of nitrogens with two attached hydrogens (primary N) is 1. The number of carbonyl (C=O) groups excluding carboxylic acids is 1. The molecule has 1 amide bonds. The molecular formula is C15H14ClNO3. The molecule has 20 heavy (non-hydrogen) atoms. The van der Waals surface area contributed by atoms with E-state index < -0.39 is 5.91 Å². The van der Waals surface area contributed by atoms with Crippen LogP contribution < -0.4 is 10.5 Å². The quantitative estimate of drug-likeness (QED) is 0.889. The molecule has 0 heterocycles. The number of hydrogen-bond donors (Lipinski definition) is 2. The molecule has 3 N–H and O–H groups in total. The lowest BCUT2D eigenvalue weighted by Crippen LogP contribution is -2.12. The predicted octanol–water partition coefficient (Wildman–Crippen LogP) is 2.77. The molecule has 0 aliphatic rings. The summed E-state index contributed by atoms with van der Waals surface area (Å²) in [5.74, 6) is 0.306. The van der Waals surface area contributed by atoms with E-state index in [0.29, 0.717) is 22.9 Å². The van der Waals surface area contributed by atoms with Gasteiger partial charge >= 0.3 is 0 Å². The van der Waals surface area contributed by atoms with Crippen molar-refractivity contribution in [2.75, 3.05) is 6.61 Å². The van der Waals surface area contributed by atoms with E-state index in [-0.39, 0.29) is 12.2 Å². The molecular weight excluding hydrogens is 278 g/mol. The number of aliphatic hydroxyl groups excluding tert-OH is 1. The number of carbonyl (C=O) groups is 1. The van der Waals surface area contributed by atoms with Gasteiger partial charge in [0.25, 0.3) is 5.91 Å². The van der Waals surface area contributed by atoms with Crippen molar-refractivity contribution >= 4 is 17.5 Å². The van der Waals surface area contributed by atoms with Gasteiger partial charge < -0.3 is 15.6 Å². The monoisotopic (exact) mass is 291 g/mol. The number of amides is 1. The van der Waals surface area contributed by atoms with Crippen molar-refractivity contribution in [3.63, 3.8) is 0 Å². The van der Waals surface area contributed by atoms with Crippen LogP contribution in [0.1, 0.15) is 15.9 Å². The molecule has 0 fully saturated rings. The maximum absolute atomic E-state index is 11.4. The summed E-state index contributed by atoms with van der Waals surface area (Å²) in [5.41, 5.74) is 6.38. The number of ether oxygens (including phenoxy) is 1. The van der Waals surface area contributed by atoms with Gasteiger partial charge in [-0.25, -0.2) is 0 Å². The van der Waals surface area contributed by atoms with E-state index in [1.807, 2.05) is 18.2 Å². The third-order valence-corrected chi connectivity index (χ3v) is 3.02. The zero-order chi connectivity index (χ0) is 14.5. The molecule has 0 spiro atoms. The van der Waals surface area contributed by atoms with Crippen molar-refractivity contribution in [2.45, 2.75) is 6.42 Å². The Morgan fingerprint density at radius 3 is 2.65 bits per heavy atom. The van der Waals surface area contributed by atoms with E-state index in [1.54, 1.807) is 18.2 Å². The predicted molar refractivity (Wildman–Crippen MR) is 77.3 cm³/mol. The SMILES string of the molecule is NC(=O)c1cc(Cl)ccc1Oc1ccccc1CCO. The van der Waals surface area contributed by atoms with Crippen LogP contribution in [0.25, 0.3) is 0 Å². The normalized spacial score (nSPS) is 10.3. The minimum atomic E-state index is -0.609. The number of aliphatic hydroxyl groups is 1. The van der Waals surface area contributed by atoms with Crippen LogP contribution >= 0.6 is 11.6 Å². The number of para-hydroxylation sites is 1. The second-order valence-electron chi connectivity index (χ2n) is 4.19. The highest BCUT2D eigenvalue weighted by Crippen LogP contribution is 2.30. The van der Waals surface area contributed by atoms with Crippen LogP contribution in [0.5, 0.6) is 11.5 Å². The van der Waals surface area contributed by atoms with Crippen LogP contribution in [-0.2, 0) is 6.42 Å². The molecule has 0 radical (unpaired) electrons. The minimum Gasteiger partial charge on any atom is -0.456 e. The lowest BCUT2D eigenvalue weighted by atomic mass is 10.1. The smallest absolute Gasteiger partial charge is 0.252 e. The van der Waals surface area contributed by atoms with Crippen LogP contribution in [0.4, 0.5) is 0 Å². The molecule has 0 aliphatic carbocycles. The van der Waals surface area contributed by atoms with E-state index in [9.17, 15) is 4.79 Å². The molecule has 0 aliphatic heterocycles. The third kappa shape index (κ3) is 3.29. The van der Waals surface area contributed by atoms with E-state index in [1.165, 1.54) is 6.07 Å². The molecule has 0 atom stereocenters. The Balaban J connectivity index is 2.37. The highest BCUT2D eigenvalue weighted by Gasteiger charge is 2.12. The van der Waals surface area contributed by atoms with Crippen molar-refractivity contribution in [2.24, 2.45) is 5.73 Å². The second-order valence-corrected chi connectivity index (χ2v) is 4.62. The van der Waals surface area contributed by atoms with Crippen LogP contribution in [0.15, 0.2) is 42.5 Å². The van der Waals surface area contributed by atoms with Gasteiger partial charge in [-0.3, -0.25) is 4.79 Å². The average molecular weight is 292 g/mol. The fourth-order valence-electron chi connectivity index (χ4n) is 1.83. The first kappa shape index (κ1) is 14.4. The molecule has 2 aromatic rings. The number of rotatable bonds is 5. The van der Waals surface area contributed by atoms with E-state index in [4.69, 9.17) is 27.2 Å². The summed E-state index contributed by atoms with van der Waals surface area (Å²) in [4.78, 5) is 11.4. The summed E-state index contributed by atoms with van der Waals surface area (Å²) < 4.78 is 5.74. The zero-order valence-corrected chi connectivity index (χ0v) is 11.4. The van der Waals surface area contributed by atoms with Gasteiger partial charge in [0, 0.05) is 11.6 Å². The Bertz CT molecular complexity index is 628. The fourth-order valence-corrected chi connectivity index (χ4v) is 2.00. The maximum atomic E-state index is 11.4. The van der Waals surface area contributed by atoms with Crippen LogP contribution in [0, 0.1) is 0 Å². The number of halogens is 1. The molecule has 0 aromatic heterocycles. The first-order valence-electron chi connectivity index (χ1n) is 6.08. The van der Waals surface area contributed by atoms with E-state index in [0.717, 1.165) is 5.56 Å². The third-order valence-electron chi connectivity index (χ3n) is 2.78. The number of benzene rings is 2. The number of hydrogen-bond acceptors (Lipinski definition) is 3. The Morgan fingerprint density at radius 2 is 1.95 bits per heavy atom. The first-order valence-corrected chi connectivity index (χ1v) is 6.45. The number of primary amides is 1. The van der Waals surface area contributed by atoms with Crippen LogP contribution in [0.2, 0.25) is 5.02 Å². The Kier molecular flexibility index (Phi) is 4.61. The summed E-state index contributed by atoms with van der Waals surface area (Å²) in [6.07, 6.45) is 0.468. The van der Waals surface area contributed by atoms with E-state index in [2.05, 4.69) is 0 Å². The lowest BCUT2D eigenvalue weighted by Gasteiger charge is -2.12. The van der Waals surface area contributed by atoms with Crippen molar-refractivity contribution in [3.05, 3.63) is 58.6 Å². The fraction of sp³-hybridized carbons (Fsp3) is 0.133. The molecule has 0 bridgehead atoms. The Labute approximate surface area is 121 Å². The highest BCUT2D eigenvalue weighted by molar-refractivity contribution is 6.31. The Morgan fingerprint density at radius 1 is 1.20 bits per heavy atom. The summed E-state index contributed by atoms with van der Waals surface area (Å²) in [7, 11) is 0. The van der Waals surface area contributed by atoms with Gasteiger partial charge in [0.2, 0.25) is 0 Å². The van der Waals surface area contributed by atoms with Crippen LogP contribution in [-0.4, -0.2) is 17.6 Å². The van der Waals surface area contributed by atoms with Crippen molar-refractivity contribution in [3.8, 4) is 11.5 Å². The van der Waals surface area contributed by atoms with Crippen molar-refractivity contribution in [1.29, 1.82) is 0 Å². The van der Waals surface area contributed by atoms with Crippen molar-refractivity contribution < 1.29 is 14.6 Å². The summed E-state index contributed by atoms with van der Waals surface area (Å²) in [6, 6.07) is 12.0. The van der Waals surface area contributed by atoms with Gasteiger partial charge in [-0.2, -0.15) is 0 Å². The second kappa shape index (κ2) is 6.41. The van der Waals surface area contributed by atoms with Crippen LogP contribution in [0.3, 0.4) is 0 Å². The molecule has 4 nitrogen and oxygen atoms in total. The van der Waals surface area contributed by atoms with Gasteiger partial charge in [0.15, 0.2) is 0 Å². The minimum absolute atomic E-state index is 0.0175. The van der Waals surface area contributed by atoms with Gasteiger partial charge in [-0.05, 0) is 36.2 Å². The molecule has 2 aromatic carbocycles. The van der Waals surface area contributed by atoms with Gasteiger partial charge in [0.1, 0.15) is 11.5 Å². The summed E-state index contributed by atoms with van der Waals surface area (Å²) in [6.45, 7) is 0.0175. The molecule has 0 saturated heterocycles. The van der Waals surface area contributed by atoms with Gasteiger partial charge in [-0.1, -0.05) is 29.8 Å². The molecule has 104 valence electrons. The maximum Gasteiger partial charge on any atom is 0.252 e. The zero-order valence-electron chi connectivity index (χ0n) is 10.7. The highest BCUT2D eigenvalue weighted by atomic mass is 35.5. The summed E-state index contributed by atoms with van der Waals surface area (Å²) in [5, 5.41) is 9.45. The van der Waals surface area contributed by atoms with E-state index >= 15 is 0 Å². The molecule has 2 rings (SSSR count). The molecule has 0 unspecified atom stereocenters. The first-order chi connectivity index (χ1) is 9.61. The Hall–Kier alpha value is -2.04. The standard InChI is InChI=1S/C15H14ClNO3/c16-11-5-6-14(12(9-11)15(17)19)20-13-4-2-1-3-10(13)7-8-18/h1-6,9,18H,7-8H2,(H2,17,19). The summed E-state index contributed by atoms with van der Waals surface area (Å²) >= 11 is 5.85. The van der Waals surface area contributed by atoms with Gasteiger partial charge in [-0.15, -0.1) is 0 Å². The topological polar surface area (TPSA) is 72.6 Å². The molecule has 5 heteroatoms. The average Bonchev–Trinajstić information content (AvgIpc) is 2.43. The lowest BCUT2D eigenvalue weighted by molar-refractivity contribution is 0.0998.